The molecule has 3 heterocycles. The van der Waals surface area contributed by atoms with Gasteiger partial charge in [-0.3, -0.25) is 4.90 Å². The van der Waals surface area contributed by atoms with Crippen LogP contribution in [0.5, 0.6) is 0 Å². The van der Waals surface area contributed by atoms with Gasteiger partial charge < -0.3 is 4.98 Å². The first kappa shape index (κ1) is 11.5. The lowest BCUT2D eigenvalue weighted by Gasteiger charge is -2.32. The van der Waals surface area contributed by atoms with E-state index in [-0.39, 0.29) is 0 Å². The summed E-state index contributed by atoms with van der Waals surface area (Å²) in [6.07, 6.45) is 9.72. The number of nitrogens with one attached hydrogen (secondary N) is 1. The van der Waals surface area contributed by atoms with Crippen LogP contribution in [-0.4, -0.2) is 28.0 Å². The Kier molecular flexibility index (Phi) is 2.80. The van der Waals surface area contributed by atoms with Crippen LogP contribution in [0, 0.1) is 11.8 Å². The Morgan fingerprint density at radius 3 is 2.68 bits per heavy atom. The van der Waals surface area contributed by atoms with E-state index in [1.807, 2.05) is 12.4 Å². The molecule has 3 heteroatoms. The zero-order valence-corrected chi connectivity index (χ0v) is 11.3. The van der Waals surface area contributed by atoms with Crippen LogP contribution < -0.4 is 0 Å². The molecule has 1 saturated heterocycles. The topological polar surface area (TPSA) is 31.9 Å². The fraction of sp³-hybridized carbons (Fsp3) is 0.562. The molecule has 4 rings (SSSR count). The third-order valence-electron chi connectivity index (χ3n) is 4.87. The lowest BCUT2D eigenvalue weighted by atomic mass is 9.92. The molecule has 100 valence electrons. The summed E-state index contributed by atoms with van der Waals surface area (Å²) in [4.78, 5) is 10.2. The van der Waals surface area contributed by atoms with Crippen LogP contribution in [0.1, 0.15) is 31.2 Å². The molecule has 2 aliphatic rings. The average molecular weight is 255 g/mol. The SMILES string of the molecule is c1cc(CN2CCC(C3CC3)CC2)c2cc[nH]c2n1. The Morgan fingerprint density at radius 2 is 1.89 bits per heavy atom. The number of H-pyrrole nitrogens is 1. The highest BCUT2D eigenvalue weighted by Crippen LogP contribution is 2.41. The first-order valence-corrected chi connectivity index (χ1v) is 7.53. The molecule has 0 bridgehead atoms. The molecule has 0 atom stereocenters. The number of aromatic nitrogens is 2. The Hall–Kier alpha value is -1.35. The lowest BCUT2D eigenvalue weighted by Crippen LogP contribution is -2.33. The van der Waals surface area contributed by atoms with E-state index in [0.717, 1.165) is 24.0 Å². The third-order valence-corrected chi connectivity index (χ3v) is 4.87. The summed E-state index contributed by atoms with van der Waals surface area (Å²) in [7, 11) is 0. The first-order chi connectivity index (χ1) is 9.40. The molecule has 2 aromatic rings. The number of rotatable bonds is 3. The van der Waals surface area contributed by atoms with Crippen molar-refractivity contribution >= 4 is 11.0 Å². The Bertz CT molecular complexity index is 562. The number of nitrogens with zero attached hydrogens (tertiary/aromatic N) is 2. The number of piperidine rings is 1. The van der Waals surface area contributed by atoms with E-state index in [0.29, 0.717) is 0 Å². The number of pyridine rings is 1. The highest BCUT2D eigenvalue weighted by Gasteiger charge is 2.33. The Balaban J connectivity index is 1.45. The van der Waals surface area contributed by atoms with Gasteiger partial charge in [-0.2, -0.15) is 0 Å². The van der Waals surface area contributed by atoms with E-state index in [2.05, 4.69) is 27.0 Å². The Morgan fingerprint density at radius 1 is 1.11 bits per heavy atom. The van der Waals surface area contributed by atoms with E-state index in [1.165, 1.54) is 49.7 Å². The van der Waals surface area contributed by atoms with Gasteiger partial charge in [0.1, 0.15) is 5.65 Å². The summed E-state index contributed by atoms with van der Waals surface area (Å²) >= 11 is 0. The number of hydrogen-bond acceptors (Lipinski definition) is 2. The van der Waals surface area contributed by atoms with E-state index in [4.69, 9.17) is 0 Å². The highest BCUT2D eigenvalue weighted by atomic mass is 15.1. The Labute approximate surface area is 114 Å². The van der Waals surface area contributed by atoms with Crippen LogP contribution in [0.25, 0.3) is 11.0 Å². The smallest absolute Gasteiger partial charge is 0.137 e. The van der Waals surface area contributed by atoms with E-state index in [1.54, 1.807) is 0 Å². The van der Waals surface area contributed by atoms with Gasteiger partial charge in [-0.15, -0.1) is 0 Å². The van der Waals surface area contributed by atoms with Gasteiger partial charge >= 0.3 is 0 Å². The van der Waals surface area contributed by atoms with Crippen LogP contribution in [0.15, 0.2) is 24.5 Å². The van der Waals surface area contributed by atoms with Crippen LogP contribution in [-0.2, 0) is 6.54 Å². The molecule has 0 aromatic carbocycles. The summed E-state index contributed by atoms with van der Waals surface area (Å²) < 4.78 is 0. The molecule has 2 aromatic heterocycles. The van der Waals surface area contributed by atoms with E-state index in [9.17, 15) is 0 Å². The van der Waals surface area contributed by atoms with Crippen LogP contribution in [0.3, 0.4) is 0 Å². The molecule has 3 nitrogen and oxygen atoms in total. The van der Waals surface area contributed by atoms with Crippen LogP contribution in [0.2, 0.25) is 0 Å². The average Bonchev–Trinajstić information content (AvgIpc) is 3.17. The van der Waals surface area contributed by atoms with Crippen LogP contribution >= 0.6 is 0 Å². The number of fused-ring (bicyclic) bond motifs is 1. The highest BCUT2D eigenvalue weighted by molar-refractivity contribution is 5.79. The second-order valence-corrected chi connectivity index (χ2v) is 6.16. The summed E-state index contributed by atoms with van der Waals surface area (Å²) in [5.74, 6) is 2.11. The molecule has 0 spiro atoms. The monoisotopic (exact) mass is 255 g/mol. The molecular weight excluding hydrogens is 234 g/mol. The second-order valence-electron chi connectivity index (χ2n) is 6.16. The molecule has 1 saturated carbocycles. The van der Waals surface area contributed by atoms with Crippen molar-refractivity contribution in [2.75, 3.05) is 13.1 Å². The van der Waals surface area contributed by atoms with Crippen molar-refractivity contribution in [3.8, 4) is 0 Å². The van der Waals surface area contributed by atoms with Gasteiger partial charge in [0.25, 0.3) is 0 Å². The fourth-order valence-corrected chi connectivity index (χ4v) is 3.55. The molecule has 1 aliphatic heterocycles. The molecule has 2 fully saturated rings. The van der Waals surface area contributed by atoms with Gasteiger partial charge in [-0.1, -0.05) is 0 Å². The minimum atomic E-state index is 1.02. The summed E-state index contributed by atoms with van der Waals surface area (Å²) in [6.45, 7) is 3.62. The molecule has 0 amide bonds. The molecule has 1 aliphatic carbocycles. The zero-order valence-electron chi connectivity index (χ0n) is 11.3. The fourth-order valence-electron chi connectivity index (χ4n) is 3.55. The minimum Gasteiger partial charge on any atom is -0.346 e. The van der Waals surface area contributed by atoms with Gasteiger partial charge in [0.05, 0.1) is 0 Å². The summed E-state index contributed by atoms with van der Waals surface area (Å²) in [5, 5.41) is 1.28. The lowest BCUT2D eigenvalue weighted by molar-refractivity contribution is 0.166. The standard InChI is InChI=1S/C16H21N3/c1-2-12(1)13-5-9-19(10-6-13)11-14-3-7-17-16-15(14)4-8-18-16/h3-4,7-8,12-13H,1-2,5-6,9-11H2,(H,17,18). The largest absolute Gasteiger partial charge is 0.346 e. The number of aromatic amines is 1. The molecule has 19 heavy (non-hydrogen) atoms. The van der Waals surface area contributed by atoms with Crippen molar-refractivity contribution < 1.29 is 0 Å². The van der Waals surface area contributed by atoms with Gasteiger partial charge in [0.15, 0.2) is 0 Å². The van der Waals surface area contributed by atoms with Gasteiger partial charge in [-0.05, 0) is 68.3 Å². The van der Waals surface area contributed by atoms with Gasteiger partial charge in [0.2, 0.25) is 0 Å². The van der Waals surface area contributed by atoms with Gasteiger partial charge in [0, 0.05) is 24.3 Å². The molecule has 0 radical (unpaired) electrons. The minimum absolute atomic E-state index is 1.02. The predicted molar refractivity (Wildman–Crippen MR) is 76.8 cm³/mol. The normalized spacial score (nSPS) is 22.1. The van der Waals surface area contributed by atoms with E-state index < -0.39 is 0 Å². The van der Waals surface area contributed by atoms with E-state index >= 15 is 0 Å². The molecule has 0 unspecified atom stereocenters. The maximum Gasteiger partial charge on any atom is 0.137 e. The van der Waals surface area contributed by atoms with Crippen molar-refractivity contribution in [1.29, 1.82) is 0 Å². The van der Waals surface area contributed by atoms with Crippen molar-refractivity contribution in [2.45, 2.75) is 32.2 Å². The summed E-state index contributed by atoms with van der Waals surface area (Å²) in [5.41, 5.74) is 2.43. The molecule has 1 N–H and O–H groups in total. The number of likely N-dealkylation sites (tertiary alicyclic amines) is 1. The number of hydrogen-bond donors (Lipinski definition) is 1. The third kappa shape index (κ3) is 2.27. The summed E-state index contributed by atoms with van der Waals surface area (Å²) in [6, 6.07) is 4.32. The molecular formula is C16H21N3. The zero-order chi connectivity index (χ0) is 12.7. The quantitative estimate of drug-likeness (QED) is 0.913. The van der Waals surface area contributed by atoms with Crippen molar-refractivity contribution in [1.82, 2.24) is 14.9 Å². The van der Waals surface area contributed by atoms with Crippen molar-refractivity contribution in [2.24, 2.45) is 11.8 Å². The predicted octanol–water partition coefficient (Wildman–Crippen LogP) is 3.18. The van der Waals surface area contributed by atoms with Crippen LogP contribution in [0.4, 0.5) is 0 Å². The maximum absolute atomic E-state index is 4.36. The first-order valence-electron chi connectivity index (χ1n) is 7.53. The second kappa shape index (κ2) is 4.64. The van der Waals surface area contributed by atoms with Gasteiger partial charge in [-0.25, -0.2) is 4.98 Å². The van der Waals surface area contributed by atoms with Crippen molar-refractivity contribution in [3.63, 3.8) is 0 Å². The van der Waals surface area contributed by atoms with Crippen molar-refractivity contribution in [3.05, 3.63) is 30.1 Å². The maximum atomic E-state index is 4.36.